The van der Waals surface area contributed by atoms with Gasteiger partial charge in [-0.05, 0) is 74.2 Å². The van der Waals surface area contributed by atoms with Crippen molar-refractivity contribution >= 4 is 35.1 Å². The van der Waals surface area contributed by atoms with Gasteiger partial charge in [0, 0.05) is 29.7 Å². The number of halogens is 2. The molecular formula is C50H61F2N9O7. The summed E-state index contributed by atoms with van der Waals surface area (Å²) in [6.07, 6.45) is 17.4. The molecule has 2 aliphatic carbocycles. The van der Waals surface area contributed by atoms with E-state index in [1.54, 1.807) is 37.2 Å². The maximum atomic E-state index is 17.4. The van der Waals surface area contributed by atoms with Crippen LogP contribution in [0.15, 0.2) is 95.5 Å². The average molecular weight is 938 g/mol. The number of alkyl halides is 1. The Morgan fingerprint density at radius 2 is 1.60 bits per heavy atom. The number of methoxy groups -OCH3 is 2. The van der Waals surface area contributed by atoms with Gasteiger partial charge in [0.05, 0.1) is 68.4 Å². The van der Waals surface area contributed by atoms with Crippen LogP contribution in [0, 0.1) is 11.8 Å². The van der Waals surface area contributed by atoms with Crippen LogP contribution in [0.3, 0.4) is 0 Å². The number of likely N-dealkylation sites (tertiary alicyclic amines) is 2. The summed E-state index contributed by atoms with van der Waals surface area (Å²) in [4.78, 5) is 72.8. The van der Waals surface area contributed by atoms with E-state index in [9.17, 15) is 19.2 Å². The number of ether oxygens (including phenoxy) is 3. The Bertz CT molecular complexity index is 2560. The summed E-state index contributed by atoms with van der Waals surface area (Å²) in [6.45, 7) is 13.8. The van der Waals surface area contributed by atoms with Gasteiger partial charge in [-0.25, -0.2) is 28.3 Å². The Morgan fingerprint density at radius 3 is 2.26 bits per heavy atom. The number of amides is 4. The first-order valence-corrected chi connectivity index (χ1v) is 23.4. The molecule has 4 N–H and O–H groups in total. The zero-order valence-electron chi connectivity index (χ0n) is 39.6. The minimum absolute atomic E-state index is 0.0257. The Kier molecular flexibility index (Phi) is 13.9. The number of nitrogens with one attached hydrogen (secondary N) is 4. The van der Waals surface area contributed by atoms with Gasteiger partial charge < -0.3 is 49.5 Å². The monoisotopic (exact) mass is 937 g/mol. The lowest BCUT2D eigenvalue weighted by atomic mass is 9.93. The fourth-order valence-corrected chi connectivity index (χ4v) is 9.94. The maximum absolute atomic E-state index is 17.4. The highest BCUT2D eigenvalue weighted by Crippen LogP contribution is 2.50. The van der Waals surface area contributed by atoms with Crippen LogP contribution in [0.2, 0.25) is 0 Å². The number of alkyl carbamates (subject to hydrolysis) is 2. The Morgan fingerprint density at radius 1 is 0.926 bits per heavy atom. The number of H-pyrrole nitrogens is 2. The van der Waals surface area contributed by atoms with E-state index in [4.69, 9.17) is 14.2 Å². The van der Waals surface area contributed by atoms with Gasteiger partial charge in [0.1, 0.15) is 35.7 Å². The number of aromatic amines is 2. The summed E-state index contributed by atoms with van der Waals surface area (Å²) in [6, 6.07) is -3.13. The first-order chi connectivity index (χ1) is 32.6. The van der Waals surface area contributed by atoms with E-state index < -0.39 is 54.7 Å². The molecule has 0 bridgehead atoms. The summed E-state index contributed by atoms with van der Waals surface area (Å²) >= 11 is 0. The molecule has 0 saturated carbocycles. The number of hydrogen-bond acceptors (Lipinski definition) is 10. The van der Waals surface area contributed by atoms with E-state index in [0.717, 1.165) is 24.8 Å². The molecule has 2 aromatic rings. The molecule has 6 heterocycles. The second-order valence-electron chi connectivity index (χ2n) is 18.7. The summed E-state index contributed by atoms with van der Waals surface area (Å²) in [5.74, 6) is 0.0328. The molecule has 68 heavy (non-hydrogen) atoms. The second kappa shape index (κ2) is 19.9. The van der Waals surface area contributed by atoms with E-state index in [2.05, 4.69) is 49.3 Å². The third-order valence-corrected chi connectivity index (χ3v) is 13.6. The third-order valence-electron chi connectivity index (χ3n) is 13.6. The van der Waals surface area contributed by atoms with Crippen molar-refractivity contribution in [2.75, 3.05) is 27.3 Å². The van der Waals surface area contributed by atoms with Gasteiger partial charge in [0.2, 0.25) is 11.8 Å². The van der Waals surface area contributed by atoms with E-state index in [1.165, 1.54) is 19.1 Å². The predicted octanol–water partition coefficient (Wildman–Crippen LogP) is 7.92. The molecule has 2 saturated heterocycles. The Hall–Kier alpha value is -6.72. The first kappa shape index (κ1) is 47.8. The molecule has 6 aliphatic rings. The van der Waals surface area contributed by atoms with Crippen LogP contribution in [0.1, 0.15) is 108 Å². The average Bonchev–Trinajstić information content (AvgIpc) is 4.20. The number of fused-ring (bicyclic) bond motifs is 3. The number of rotatable bonds is 13. The molecule has 16 nitrogen and oxygen atoms in total. The number of carbonyl (C=O) groups is 4. The van der Waals surface area contributed by atoms with Crippen molar-refractivity contribution in [1.82, 2.24) is 45.3 Å². The second-order valence-corrected chi connectivity index (χ2v) is 18.7. The van der Waals surface area contributed by atoms with E-state index in [1.807, 2.05) is 50.0 Å². The van der Waals surface area contributed by atoms with Crippen molar-refractivity contribution in [1.29, 1.82) is 0 Å². The van der Waals surface area contributed by atoms with Gasteiger partial charge >= 0.3 is 12.2 Å². The number of imidazole rings is 2. The molecule has 18 heteroatoms. The largest absolute Gasteiger partial charge is 0.470 e. The van der Waals surface area contributed by atoms with Gasteiger partial charge in [-0.1, -0.05) is 64.7 Å². The lowest BCUT2D eigenvalue weighted by Crippen LogP contribution is -2.51. The summed E-state index contributed by atoms with van der Waals surface area (Å²) in [5, 5.41) is 5.27. The molecule has 2 fully saturated rings. The van der Waals surface area contributed by atoms with Crippen molar-refractivity contribution in [3.8, 4) is 0 Å². The number of aromatic nitrogens is 4. The van der Waals surface area contributed by atoms with Crippen LogP contribution in [-0.2, 0) is 23.8 Å². The highest BCUT2D eigenvalue weighted by molar-refractivity contribution is 5.87. The van der Waals surface area contributed by atoms with Gasteiger partial charge in [0.15, 0.2) is 12.1 Å². The van der Waals surface area contributed by atoms with Crippen LogP contribution in [0.5, 0.6) is 0 Å². The molecule has 4 amide bonds. The highest BCUT2D eigenvalue weighted by Gasteiger charge is 2.48. The highest BCUT2D eigenvalue weighted by atomic mass is 19.1. The maximum Gasteiger partial charge on any atom is 0.407 e. The molecule has 2 aromatic heterocycles. The molecule has 0 spiro atoms. The fraction of sp³-hybridized carbons (Fsp3) is 0.480. The quantitative estimate of drug-likeness (QED) is 0.144. The molecule has 7 atom stereocenters. The molecular weight excluding hydrogens is 877 g/mol. The zero-order chi connectivity index (χ0) is 48.6. The van der Waals surface area contributed by atoms with Gasteiger partial charge in [-0.3, -0.25) is 9.59 Å². The summed E-state index contributed by atoms with van der Waals surface area (Å²) in [5.41, 5.74) is 4.87. The van der Waals surface area contributed by atoms with Crippen molar-refractivity contribution in [3.63, 3.8) is 0 Å². The lowest BCUT2D eigenvalue weighted by molar-refractivity contribution is -0.136. The Balaban J connectivity index is 1.04. The van der Waals surface area contributed by atoms with E-state index in [-0.39, 0.29) is 42.6 Å². The van der Waals surface area contributed by atoms with Crippen LogP contribution in [-0.4, -0.2) is 116 Å². The number of nitrogens with zero attached hydrogens (tertiary/aromatic N) is 5. The molecule has 4 aliphatic heterocycles. The van der Waals surface area contributed by atoms with E-state index >= 15 is 8.78 Å². The number of carbonyl (C=O) groups excluding carboxylic acids is 4. The lowest BCUT2D eigenvalue weighted by Gasteiger charge is -2.42. The predicted molar refractivity (Wildman–Crippen MR) is 250 cm³/mol. The van der Waals surface area contributed by atoms with Crippen LogP contribution in [0.25, 0.3) is 11.1 Å². The van der Waals surface area contributed by atoms with Crippen LogP contribution >= 0.6 is 0 Å². The van der Waals surface area contributed by atoms with Crippen molar-refractivity contribution in [3.05, 3.63) is 119 Å². The minimum atomic E-state index is -1.29. The van der Waals surface area contributed by atoms with Gasteiger partial charge in [-0.2, -0.15) is 0 Å². The Labute approximate surface area is 395 Å². The molecule has 0 radical (unpaired) electrons. The summed E-state index contributed by atoms with van der Waals surface area (Å²) in [7, 11) is 2.48. The number of allylic oxidation sites excluding steroid dienone is 8. The minimum Gasteiger partial charge on any atom is -0.470 e. The van der Waals surface area contributed by atoms with Crippen LogP contribution in [0.4, 0.5) is 18.4 Å². The van der Waals surface area contributed by atoms with Crippen molar-refractivity contribution < 1.29 is 42.2 Å². The molecule has 8 rings (SSSR count). The van der Waals surface area contributed by atoms with E-state index in [0.29, 0.717) is 76.2 Å². The third kappa shape index (κ3) is 9.28. The van der Waals surface area contributed by atoms with Crippen molar-refractivity contribution in [2.45, 2.75) is 116 Å². The SMILES string of the molecule is C=C(/C=C\C1=C(C)OC(C2=CCCC=C2)N2C1=C(F)C1=CC(c3cnc([C@@H]4C[C@@H](F)CN4C(=O)[C@@H](NC(=O)OC)C(C)C)[nH]3)=CCC12)c1cnc([C@@H]2CCCN2C(=O)[C@@H](NC(=O)OC)C(C)C)[nH]1. The molecule has 362 valence electrons. The normalized spacial score (nSPS) is 24.4. The smallest absolute Gasteiger partial charge is 0.407 e. The summed E-state index contributed by atoms with van der Waals surface area (Å²) < 4.78 is 48.7. The van der Waals surface area contributed by atoms with Crippen molar-refractivity contribution in [2.24, 2.45) is 11.8 Å². The molecule has 0 aromatic carbocycles. The topological polar surface area (TPSA) is 187 Å². The number of hydrogen-bond donors (Lipinski definition) is 4. The fourth-order valence-electron chi connectivity index (χ4n) is 9.94. The van der Waals surface area contributed by atoms with Crippen LogP contribution < -0.4 is 10.6 Å². The zero-order valence-corrected chi connectivity index (χ0v) is 39.6. The first-order valence-electron chi connectivity index (χ1n) is 23.4. The molecule has 2 unspecified atom stereocenters. The standard InChI is InChI=1S/C50H61F2N9O7/c1-26(2)41(57-49(64)66-7)46(62)59-20-12-15-38(59)44-53-23-35(55-44)28(5)16-18-33-29(6)68-48(30-13-10-9-11-14-30)61-37-19-17-31(21-34(37)40(52)43(33)61)36-24-54-45(56-36)39-22-32(51)25-60(39)47(63)42(27(3)4)58-50(65)67-8/h10,13-14,16-18,21,23-24,26-27,32,37-39,41-42,48H,5,9,11-12,15,19-20,22,25H2,1-4,6-8H3,(H,53,55)(H,54,56)(H,57,64)(H,58,65)/b18-16-/t32-,37?,38+,39+,41+,42+,48?/m1/s1. The van der Waals surface area contributed by atoms with Gasteiger partial charge in [-0.15, -0.1) is 0 Å². The van der Waals surface area contributed by atoms with Gasteiger partial charge in [0.25, 0.3) is 0 Å².